The first kappa shape index (κ1) is 15.2. The lowest BCUT2D eigenvalue weighted by Crippen LogP contribution is -2.21. The Kier molecular flexibility index (Phi) is 4.93. The van der Waals surface area contributed by atoms with E-state index in [0.29, 0.717) is 0 Å². The van der Waals surface area contributed by atoms with E-state index in [1.807, 2.05) is 0 Å². The fourth-order valence-electron chi connectivity index (χ4n) is 1.05. The minimum atomic E-state index is -4.95. The molecule has 0 bridgehead atoms. The van der Waals surface area contributed by atoms with Crippen LogP contribution in [0.4, 0.5) is 13.2 Å². The number of alkyl halides is 3. The number of allylic oxidation sites excluding steroid dienone is 2. The normalized spacial score (nSPS) is 14.1. The molecular formula is C10H11F3O4. The summed E-state index contributed by atoms with van der Waals surface area (Å²) < 4.78 is 42.0. The van der Waals surface area contributed by atoms with Gasteiger partial charge in [0, 0.05) is 0 Å². The van der Waals surface area contributed by atoms with Crippen molar-refractivity contribution in [2.24, 2.45) is 0 Å². The number of ether oxygens (including phenoxy) is 1. The second-order valence-electron chi connectivity index (χ2n) is 3.12. The van der Waals surface area contributed by atoms with E-state index in [-0.39, 0.29) is 6.08 Å². The van der Waals surface area contributed by atoms with Crippen molar-refractivity contribution in [2.45, 2.75) is 20.0 Å². The fraction of sp³-hybridized carbons (Fsp3) is 0.400. The minimum absolute atomic E-state index is 0.228. The maximum Gasteiger partial charge on any atom is 0.417 e. The number of esters is 1. The molecule has 0 amide bonds. The van der Waals surface area contributed by atoms with Crippen LogP contribution in [0, 0.1) is 0 Å². The van der Waals surface area contributed by atoms with Crippen LogP contribution >= 0.6 is 0 Å². The molecule has 0 aromatic rings. The Bertz CT molecular complexity index is 387. The van der Waals surface area contributed by atoms with Gasteiger partial charge in [-0.1, -0.05) is 0 Å². The molecule has 17 heavy (non-hydrogen) atoms. The van der Waals surface area contributed by atoms with E-state index in [2.05, 4.69) is 4.74 Å². The summed E-state index contributed by atoms with van der Waals surface area (Å²) in [5.41, 5.74) is -2.60. The molecule has 0 saturated carbocycles. The highest BCUT2D eigenvalue weighted by molar-refractivity contribution is 5.98. The van der Waals surface area contributed by atoms with Crippen molar-refractivity contribution < 1.29 is 32.6 Å². The summed E-state index contributed by atoms with van der Waals surface area (Å²) in [6.07, 6.45) is -4.72. The van der Waals surface area contributed by atoms with E-state index in [9.17, 15) is 22.8 Å². The average Bonchev–Trinajstić information content (AvgIpc) is 2.13. The SMILES string of the molecule is COC(=O)C(=C(/C)O)/C(=C\C(C)=O)C(F)(F)F. The van der Waals surface area contributed by atoms with Crippen LogP contribution in [0.15, 0.2) is 23.0 Å². The molecule has 0 aromatic carbocycles. The molecule has 0 unspecified atom stereocenters. The summed E-state index contributed by atoms with van der Waals surface area (Å²) in [6.45, 7) is 1.79. The fourth-order valence-corrected chi connectivity index (χ4v) is 1.05. The zero-order chi connectivity index (χ0) is 13.8. The molecular weight excluding hydrogens is 241 g/mol. The quantitative estimate of drug-likeness (QED) is 0.361. The lowest BCUT2D eigenvalue weighted by molar-refractivity contribution is -0.138. The summed E-state index contributed by atoms with van der Waals surface area (Å²) >= 11 is 0. The molecule has 0 aromatic heterocycles. The smallest absolute Gasteiger partial charge is 0.417 e. The van der Waals surface area contributed by atoms with E-state index in [0.717, 1.165) is 21.0 Å². The molecule has 0 rings (SSSR count). The van der Waals surface area contributed by atoms with Gasteiger partial charge in [-0.15, -0.1) is 0 Å². The number of methoxy groups -OCH3 is 1. The van der Waals surface area contributed by atoms with Gasteiger partial charge in [-0.3, -0.25) is 4.79 Å². The van der Waals surface area contributed by atoms with Crippen LogP contribution in [-0.4, -0.2) is 30.1 Å². The van der Waals surface area contributed by atoms with Crippen LogP contribution in [0.1, 0.15) is 13.8 Å². The Balaban J connectivity index is 5.85. The van der Waals surface area contributed by atoms with Crippen molar-refractivity contribution in [1.29, 1.82) is 0 Å². The highest BCUT2D eigenvalue weighted by Gasteiger charge is 2.40. The summed E-state index contributed by atoms with van der Waals surface area (Å²) in [4.78, 5) is 21.8. The Morgan fingerprint density at radius 2 is 1.71 bits per heavy atom. The Morgan fingerprint density at radius 1 is 1.24 bits per heavy atom. The van der Waals surface area contributed by atoms with Gasteiger partial charge in [0.25, 0.3) is 0 Å². The molecule has 4 nitrogen and oxygen atoms in total. The summed E-state index contributed by atoms with van der Waals surface area (Å²) in [7, 11) is 0.868. The Labute approximate surface area is 95.4 Å². The first-order valence-electron chi connectivity index (χ1n) is 4.39. The molecule has 0 spiro atoms. The lowest BCUT2D eigenvalue weighted by atomic mass is 10.0. The first-order valence-corrected chi connectivity index (χ1v) is 4.39. The molecule has 0 aliphatic carbocycles. The maximum atomic E-state index is 12.6. The van der Waals surface area contributed by atoms with Crippen LogP contribution in [0.2, 0.25) is 0 Å². The number of ketones is 1. The standard InChI is InChI=1S/C10H11F3O4/c1-5(14)4-7(10(11,12)13)8(6(2)15)9(16)17-3/h4,15H,1-3H3/b7-4+,8-6-. The van der Waals surface area contributed by atoms with Gasteiger partial charge < -0.3 is 9.84 Å². The number of carbonyl (C=O) groups excluding carboxylic acids is 2. The number of hydrogen-bond acceptors (Lipinski definition) is 4. The molecule has 96 valence electrons. The van der Waals surface area contributed by atoms with E-state index in [4.69, 9.17) is 5.11 Å². The van der Waals surface area contributed by atoms with Gasteiger partial charge in [0.2, 0.25) is 0 Å². The van der Waals surface area contributed by atoms with Gasteiger partial charge in [0.1, 0.15) is 11.3 Å². The average molecular weight is 252 g/mol. The Hall–Kier alpha value is -1.79. The Morgan fingerprint density at radius 3 is 1.94 bits per heavy atom. The van der Waals surface area contributed by atoms with Gasteiger partial charge in [-0.25, -0.2) is 4.79 Å². The zero-order valence-electron chi connectivity index (χ0n) is 9.38. The summed E-state index contributed by atoms with van der Waals surface area (Å²) in [5.74, 6) is -3.14. The van der Waals surface area contributed by atoms with Gasteiger partial charge in [0.15, 0.2) is 5.78 Å². The number of hydrogen-bond donors (Lipinski definition) is 1. The van der Waals surface area contributed by atoms with Crippen molar-refractivity contribution in [2.75, 3.05) is 7.11 Å². The maximum absolute atomic E-state index is 12.6. The number of halogens is 3. The van der Waals surface area contributed by atoms with Crippen LogP contribution in [0.25, 0.3) is 0 Å². The van der Waals surface area contributed by atoms with Crippen LogP contribution < -0.4 is 0 Å². The molecule has 0 heterocycles. The highest BCUT2D eigenvalue weighted by atomic mass is 19.4. The predicted molar refractivity (Wildman–Crippen MR) is 52.2 cm³/mol. The van der Waals surface area contributed by atoms with E-state index in [1.54, 1.807) is 0 Å². The van der Waals surface area contributed by atoms with Crippen molar-refractivity contribution in [3.8, 4) is 0 Å². The second-order valence-corrected chi connectivity index (χ2v) is 3.12. The first-order chi connectivity index (χ1) is 7.61. The number of aliphatic hydroxyl groups excluding tert-OH is 1. The van der Waals surface area contributed by atoms with Gasteiger partial charge in [-0.2, -0.15) is 13.2 Å². The third-order valence-electron chi connectivity index (χ3n) is 1.67. The van der Waals surface area contributed by atoms with Crippen LogP contribution in [0.3, 0.4) is 0 Å². The third-order valence-corrected chi connectivity index (χ3v) is 1.67. The topological polar surface area (TPSA) is 63.6 Å². The number of aliphatic hydroxyl groups is 1. The van der Waals surface area contributed by atoms with Gasteiger partial charge >= 0.3 is 12.1 Å². The lowest BCUT2D eigenvalue weighted by Gasteiger charge is -2.14. The molecule has 0 aliphatic heterocycles. The molecule has 0 saturated heterocycles. The molecule has 0 radical (unpaired) electrons. The third kappa shape index (κ3) is 4.29. The van der Waals surface area contributed by atoms with Gasteiger partial charge in [0.05, 0.1) is 12.7 Å². The van der Waals surface area contributed by atoms with Crippen molar-refractivity contribution in [3.63, 3.8) is 0 Å². The zero-order valence-corrected chi connectivity index (χ0v) is 9.38. The summed E-state index contributed by atoms with van der Waals surface area (Å²) in [6, 6.07) is 0. The molecule has 0 fully saturated rings. The number of rotatable bonds is 3. The van der Waals surface area contributed by atoms with Crippen molar-refractivity contribution in [3.05, 3.63) is 23.0 Å². The molecule has 0 aliphatic rings. The second kappa shape index (κ2) is 5.51. The molecule has 7 heteroatoms. The largest absolute Gasteiger partial charge is 0.512 e. The predicted octanol–water partition coefficient (Wildman–Crippen LogP) is 2.07. The van der Waals surface area contributed by atoms with Crippen LogP contribution in [0.5, 0.6) is 0 Å². The highest BCUT2D eigenvalue weighted by Crippen LogP contribution is 2.33. The van der Waals surface area contributed by atoms with Gasteiger partial charge in [-0.05, 0) is 19.9 Å². The molecule has 0 atom stereocenters. The van der Waals surface area contributed by atoms with Crippen LogP contribution in [-0.2, 0) is 14.3 Å². The number of carbonyl (C=O) groups is 2. The molecule has 1 N–H and O–H groups in total. The summed E-state index contributed by atoms with van der Waals surface area (Å²) in [5, 5.41) is 9.09. The minimum Gasteiger partial charge on any atom is -0.512 e. The van der Waals surface area contributed by atoms with Crippen molar-refractivity contribution in [1.82, 2.24) is 0 Å². The monoisotopic (exact) mass is 252 g/mol. The van der Waals surface area contributed by atoms with E-state index < -0.39 is 34.8 Å². The van der Waals surface area contributed by atoms with E-state index in [1.165, 1.54) is 0 Å². The van der Waals surface area contributed by atoms with Crippen molar-refractivity contribution >= 4 is 11.8 Å². The van der Waals surface area contributed by atoms with E-state index >= 15 is 0 Å².